The van der Waals surface area contributed by atoms with E-state index in [2.05, 4.69) is 4.90 Å². The molecule has 0 amide bonds. The molecule has 0 radical (unpaired) electrons. The Labute approximate surface area is 273 Å². The SMILES string of the molecule is COc1cccc2c1C(=O)c1c(O)c3c(c(O)c1C2=O)CC(O)(C(C)=O)C[C@@H]3OC1C[C@H](N=C(C)N2CCCCCC2)C(O)C(C)O1. The molecule has 2 aromatic rings. The first-order valence-electron chi connectivity index (χ1n) is 16.2. The summed E-state index contributed by atoms with van der Waals surface area (Å²) in [6.45, 7) is 6.60. The maximum absolute atomic E-state index is 13.9. The quantitative estimate of drug-likeness (QED) is 0.181. The van der Waals surface area contributed by atoms with Crippen molar-refractivity contribution in [3.8, 4) is 17.2 Å². The molecule has 47 heavy (non-hydrogen) atoms. The Morgan fingerprint density at radius 1 is 1.02 bits per heavy atom. The fourth-order valence-electron chi connectivity index (χ4n) is 7.44. The number of rotatable bonds is 5. The van der Waals surface area contributed by atoms with Crippen LogP contribution in [0.25, 0.3) is 0 Å². The molecular formula is C35H42N2O10. The number of ketones is 3. The number of nitrogens with zero attached hydrogens (tertiary/aromatic N) is 2. The molecule has 0 spiro atoms. The first-order valence-corrected chi connectivity index (χ1v) is 16.2. The van der Waals surface area contributed by atoms with E-state index in [0.29, 0.717) is 0 Å². The zero-order chi connectivity index (χ0) is 33.8. The summed E-state index contributed by atoms with van der Waals surface area (Å²) in [6, 6.07) is 3.90. The van der Waals surface area contributed by atoms with Crippen molar-refractivity contribution in [2.75, 3.05) is 20.2 Å². The number of Topliss-reactive ketones (excluding diaryl/α,β-unsaturated/α-hetero) is 1. The first kappa shape index (κ1) is 33.1. The third kappa shape index (κ3) is 5.71. The molecule has 0 aromatic heterocycles. The lowest BCUT2D eigenvalue weighted by molar-refractivity contribution is -0.247. The summed E-state index contributed by atoms with van der Waals surface area (Å²) in [7, 11) is 1.36. The molecule has 2 aliphatic heterocycles. The van der Waals surface area contributed by atoms with Crippen molar-refractivity contribution in [2.45, 2.75) is 102 Å². The lowest BCUT2D eigenvalue weighted by Crippen LogP contribution is -2.49. The van der Waals surface area contributed by atoms with Gasteiger partial charge < -0.3 is 39.5 Å². The number of carbonyl (C=O) groups is 3. The van der Waals surface area contributed by atoms with Crippen LogP contribution in [0.4, 0.5) is 0 Å². The van der Waals surface area contributed by atoms with Crippen LogP contribution in [0.3, 0.4) is 0 Å². The highest BCUT2D eigenvalue weighted by molar-refractivity contribution is 6.31. The summed E-state index contributed by atoms with van der Waals surface area (Å²) >= 11 is 0. The van der Waals surface area contributed by atoms with Crippen LogP contribution in [0.2, 0.25) is 0 Å². The number of methoxy groups -OCH3 is 1. The van der Waals surface area contributed by atoms with Gasteiger partial charge in [0.2, 0.25) is 5.78 Å². The van der Waals surface area contributed by atoms with Gasteiger partial charge in [0.1, 0.15) is 29.0 Å². The highest BCUT2D eigenvalue weighted by Gasteiger charge is 2.49. The third-order valence-electron chi connectivity index (χ3n) is 10.1. The lowest BCUT2D eigenvalue weighted by atomic mass is 9.72. The Balaban J connectivity index is 1.39. The fourth-order valence-corrected chi connectivity index (χ4v) is 7.44. The Morgan fingerprint density at radius 2 is 1.70 bits per heavy atom. The number of ether oxygens (including phenoxy) is 3. The summed E-state index contributed by atoms with van der Waals surface area (Å²) in [5, 5.41) is 45.8. The number of aliphatic hydroxyl groups excluding tert-OH is 1. The van der Waals surface area contributed by atoms with Gasteiger partial charge in [-0.15, -0.1) is 0 Å². The van der Waals surface area contributed by atoms with Gasteiger partial charge in [-0.05, 0) is 39.7 Å². The summed E-state index contributed by atoms with van der Waals surface area (Å²) < 4.78 is 17.7. The van der Waals surface area contributed by atoms with Crippen molar-refractivity contribution in [2.24, 2.45) is 4.99 Å². The van der Waals surface area contributed by atoms with E-state index in [-0.39, 0.29) is 40.8 Å². The number of carbonyl (C=O) groups excluding carboxylic acids is 3. The monoisotopic (exact) mass is 650 g/mol. The number of phenols is 2. The van der Waals surface area contributed by atoms with Crippen molar-refractivity contribution in [3.63, 3.8) is 0 Å². The number of aliphatic hydroxyl groups is 2. The molecule has 0 saturated carbocycles. The second kappa shape index (κ2) is 12.6. The molecule has 12 nitrogen and oxygen atoms in total. The summed E-state index contributed by atoms with van der Waals surface area (Å²) in [5.41, 5.74) is -2.98. The van der Waals surface area contributed by atoms with E-state index in [1.165, 1.54) is 32.2 Å². The molecule has 4 N–H and O–H groups in total. The number of hydrogen-bond donors (Lipinski definition) is 4. The second-order valence-corrected chi connectivity index (χ2v) is 13.1. The Kier molecular flexibility index (Phi) is 8.90. The van der Waals surface area contributed by atoms with Crippen LogP contribution in [-0.4, -0.2) is 98.9 Å². The number of benzene rings is 2. The van der Waals surface area contributed by atoms with Gasteiger partial charge in [0.25, 0.3) is 0 Å². The maximum Gasteiger partial charge on any atom is 0.202 e. The molecule has 0 bridgehead atoms. The van der Waals surface area contributed by atoms with Gasteiger partial charge in [-0.25, -0.2) is 0 Å². The number of aliphatic imine (C=N–C) groups is 1. The van der Waals surface area contributed by atoms with Crippen LogP contribution < -0.4 is 4.74 Å². The lowest BCUT2D eigenvalue weighted by Gasteiger charge is -2.42. The number of likely N-dealkylation sites (tertiary alicyclic amines) is 1. The van der Waals surface area contributed by atoms with Crippen molar-refractivity contribution in [1.29, 1.82) is 0 Å². The van der Waals surface area contributed by atoms with Crippen molar-refractivity contribution in [1.82, 2.24) is 4.90 Å². The standard InChI is InChI=1S/C35H42N2O10/c1-17-30(39)22(36-19(3)37-12-7-5-6-8-13-37)14-25(46-17)47-24-16-35(44,18(2)38)15-21-27(24)34(43)29-28(32(21)41)31(40)20-10-9-11-23(45-4)26(20)33(29)42/h9-11,17,22,24-25,30,39,41,43-44H,5-8,12-16H2,1-4H3/t17?,22-,24-,25?,30?,35?/m0/s1. The van der Waals surface area contributed by atoms with E-state index in [0.717, 1.165) is 44.6 Å². The van der Waals surface area contributed by atoms with Crippen molar-refractivity contribution in [3.05, 3.63) is 51.6 Å². The van der Waals surface area contributed by atoms with Gasteiger partial charge >= 0.3 is 0 Å². The Bertz CT molecular complexity index is 1650. The first-order chi connectivity index (χ1) is 22.4. The number of amidine groups is 1. The third-order valence-corrected chi connectivity index (χ3v) is 10.1. The summed E-state index contributed by atoms with van der Waals surface area (Å²) in [5.74, 6) is -2.30. The van der Waals surface area contributed by atoms with Crippen LogP contribution >= 0.6 is 0 Å². The van der Waals surface area contributed by atoms with Gasteiger partial charge in [-0.2, -0.15) is 0 Å². The minimum atomic E-state index is -2.01. The minimum absolute atomic E-state index is 0.00726. The van der Waals surface area contributed by atoms with E-state index >= 15 is 0 Å². The topological polar surface area (TPSA) is 175 Å². The average molecular weight is 651 g/mol. The molecular weight excluding hydrogens is 608 g/mol. The molecule has 6 rings (SSSR count). The van der Waals surface area contributed by atoms with Crippen molar-refractivity contribution >= 4 is 23.2 Å². The zero-order valence-corrected chi connectivity index (χ0v) is 27.1. The van der Waals surface area contributed by atoms with Crippen LogP contribution in [0.15, 0.2) is 23.2 Å². The summed E-state index contributed by atoms with van der Waals surface area (Å²) in [6.07, 6.45) is -0.00167. The predicted molar refractivity (Wildman–Crippen MR) is 169 cm³/mol. The number of phenolic OH excluding ortho intramolecular Hbond substituents is 2. The summed E-state index contributed by atoms with van der Waals surface area (Å²) in [4.78, 5) is 47.4. The van der Waals surface area contributed by atoms with Crippen LogP contribution in [0.1, 0.15) is 108 Å². The zero-order valence-electron chi connectivity index (χ0n) is 27.1. The highest BCUT2D eigenvalue weighted by Crippen LogP contribution is 2.52. The van der Waals surface area contributed by atoms with Crippen LogP contribution in [-0.2, 0) is 20.7 Å². The average Bonchev–Trinajstić information content (AvgIpc) is 3.33. The van der Waals surface area contributed by atoms with E-state index in [1.807, 2.05) is 6.92 Å². The molecule has 2 saturated heterocycles. The Morgan fingerprint density at radius 3 is 2.36 bits per heavy atom. The molecule has 252 valence electrons. The number of hydrogen-bond acceptors (Lipinski definition) is 11. The smallest absolute Gasteiger partial charge is 0.202 e. The van der Waals surface area contributed by atoms with Gasteiger partial charge in [0.05, 0.1) is 47.9 Å². The number of fused-ring (bicyclic) bond motifs is 3. The van der Waals surface area contributed by atoms with E-state index in [9.17, 15) is 34.8 Å². The van der Waals surface area contributed by atoms with Gasteiger partial charge in [-0.3, -0.25) is 19.4 Å². The van der Waals surface area contributed by atoms with Crippen LogP contribution in [0, 0.1) is 0 Å². The van der Waals surface area contributed by atoms with Gasteiger partial charge in [-0.1, -0.05) is 25.0 Å². The normalized spacial score (nSPS) is 29.4. The van der Waals surface area contributed by atoms with E-state index in [4.69, 9.17) is 19.2 Å². The molecule has 4 aliphatic rings. The van der Waals surface area contributed by atoms with E-state index < -0.39 is 82.6 Å². The maximum atomic E-state index is 13.9. The molecule has 2 fully saturated rings. The predicted octanol–water partition coefficient (Wildman–Crippen LogP) is 3.36. The molecule has 2 heterocycles. The molecule has 12 heteroatoms. The highest BCUT2D eigenvalue weighted by atomic mass is 16.7. The minimum Gasteiger partial charge on any atom is -0.507 e. The molecule has 2 aliphatic carbocycles. The largest absolute Gasteiger partial charge is 0.507 e. The van der Waals surface area contributed by atoms with Gasteiger partial charge in [0.15, 0.2) is 17.9 Å². The van der Waals surface area contributed by atoms with Crippen LogP contribution in [0.5, 0.6) is 17.2 Å². The molecule has 6 atom stereocenters. The Hall–Kier alpha value is -3.84. The van der Waals surface area contributed by atoms with Gasteiger partial charge in [0, 0.05) is 49.0 Å². The molecule has 2 aromatic carbocycles. The fraction of sp³-hybridized carbons (Fsp3) is 0.543. The van der Waals surface area contributed by atoms with Crippen molar-refractivity contribution < 1.29 is 49.0 Å². The van der Waals surface area contributed by atoms with E-state index in [1.54, 1.807) is 6.92 Å². The molecule has 4 unspecified atom stereocenters. The number of aromatic hydroxyl groups is 2. The second-order valence-electron chi connectivity index (χ2n) is 13.1.